The van der Waals surface area contributed by atoms with Crippen molar-refractivity contribution in [2.24, 2.45) is 28.9 Å². The zero-order chi connectivity index (χ0) is 9.05. The third-order valence-electron chi connectivity index (χ3n) is 4.88. The highest BCUT2D eigenvalue weighted by molar-refractivity contribution is 5.20. The molecule has 2 unspecified atom stereocenters. The van der Waals surface area contributed by atoms with Gasteiger partial charge < -0.3 is 5.73 Å². The first-order valence-electron chi connectivity index (χ1n) is 5.64. The molecule has 3 aliphatic rings. The summed E-state index contributed by atoms with van der Waals surface area (Å²) in [6, 6.07) is 0.499. The topological polar surface area (TPSA) is 26.0 Å². The summed E-state index contributed by atoms with van der Waals surface area (Å²) in [7, 11) is 0. The van der Waals surface area contributed by atoms with Crippen molar-refractivity contribution in [3.63, 3.8) is 0 Å². The van der Waals surface area contributed by atoms with Crippen molar-refractivity contribution in [1.29, 1.82) is 0 Å². The number of nitrogens with two attached hydrogens (primary N) is 1. The fourth-order valence-electron chi connectivity index (χ4n) is 4.34. The Kier molecular flexibility index (Phi) is 1.48. The highest BCUT2D eigenvalue weighted by Crippen LogP contribution is 2.70. The molecule has 3 aliphatic carbocycles. The normalized spacial score (nSPS) is 58.2. The van der Waals surface area contributed by atoms with Gasteiger partial charge in [-0.05, 0) is 55.3 Å². The van der Waals surface area contributed by atoms with E-state index in [0.29, 0.717) is 11.5 Å². The zero-order valence-corrected chi connectivity index (χ0v) is 8.21. The van der Waals surface area contributed by atoms with Crippen LogP contribution in [0.5, 0.6) is 0 Å². The van der Waals surface area contributed by atoms with Crippen LogP contribution in [0.4, 0.5) is 0 Å². The monoisotopic (exact) mass is 177 g/mol. The molecule has 0 bridgehead atoms. The minimum absolute atomic E-state index is 0.499. The van der Waals surface area contributed by atoms with Gasteiger partial charge in [-0.1, -0.05) is 6.08 Å². The van der Waals surface area contributed by atoms with Gasteiger partial charge in [-0.15, -0.1) is 6.58 Å². The highest BCUT2D eigenvalue weighted by atomic mass is 14.7. The lowest BCUT2D eigenvalue weighted by molar-refractivity contribution is -0.148. The lowest BCUT2D eigenvalue weighted by Crippen LogP contribution is -2.59. The van der Waals surface area contributed by atoms with E-state index in [4.69, 9.17) is 5.73 Å². The van der Waals surface area contributed by atoms with Crippen molar-refractivity contribution in [2.45, 2.75) is 38.1 Å². The van der Waals surface area contributed by atoms with Gasteiger partial charge >= 0.3 is 0 Å². The van der Waals surface area contributed by atoms with Gasteiger partial charge in [-0.25, -0.2) is 0 Å². The summed E-state index contributed by atoms with van der Waals surface area (Å²) in [6.07, 6.45) is 9.00. The highest BCUT2D eigenvalue weighted by Gasteiger charge is 2.63. The number of allylic oxidation sites excluding steroid dienone is 1. The van der Waals surface area contributed by atoms with Gasteiger partial charge in [0.05, 0.1) is 0 Å². The molecule has 3 saturated carbocycles. The van der Waals surface area contributed by atoms with E-state index in [-0.39, 0.29) is 0 Å². The first kappa shape index (κ1) is 8.05. The molecule has 0 aromatic rings. The second kappa shape index (κ2) is 2.38. The Labute approximate surface area is 80.4 Å². The third-order valence-corrected chi connectivity index (χ3v) is 4.88. The van der Waals surface area contributed by atoms with Crippen molar-refractivity contribution in [2.75, 3.05) is 0 Å². The van der Waals surface area contributed by atoms with E-state index in [9.17, 15) is 0 Å². The molecule has 0 amide bonds. The Morgan fingerprint density at radius 1 is 1.23 bits per heavy atom. The molecule has 3 fully saturated rings. The molecular weight excluding hydrogens is 158 g/mol. The molecule has 13 heavy (non-hydrogen) atoms. The van der Waals surface area contributed by atoms with Crippen LogP contribution in [0.1, 0.15) is 32.1 Å². The molecule has 0 saturated heterocycles. The van der Waals surface area contributed by atoms with Crippen LogP contribution in [-0.4, -0.2) is 6.04 Å². The van der Waals surface area contributed by atoms with Crippen LogP contribution in [0.25, 0.3) is 0 Å². The molecule has 3 rings (SSSR count). The summed E-state index contributed by atoms with van der Waals surface area (Å²) in [6.45, 7) is 4.00. The fourth-order valence-corrected chi connectivity index (χ4v) is 4.34. The largest absolute Gasteiger partial charge is 0.328 e. The minimum Gasteiger partial charge on any atom is -0.328 e. The summed E-state index contributed by atoms with van der Waals surface area (Å²) in [4.78, 5) is 0. The summed E-state index contributed by atoms with van der Waals surface area (Å²) in [5.41, 5.74) is 6.64. The maximum atomic E-state index is 6.06. The van der Waals surface area contributed by atoms with Gasteiger partial charge in [-0.3, -0.25) is 0 Å². The molecule has 0 aromatic heterocycles. The van der Waals surface area contributed by atoms with Gasteiger partial charge in [-0.2, -0.15) is 0 Å². The first-order valence-corrected chi connectivity index (χ1v) is 5.64. The second-order valence-corrected chi connectivity index (χ2v) is 5.46. The van der Waals surface area contributed by atoms with Gasteiger partial charge in [0.2, 0.25) is 0 Å². The van der Waals surface area contributed by atoms with Crippen LogP contribution in [-0.2, 0) is 0 Å². The summed E-state index contributed by atoms with van der Waals surface area (Å²) < 4.78 is 0. The summed E-state index contributed by atoms with van der Waals surface area (Å²) >= 11 is 0. The molecule has 0 aromatic carbocycles. The molecule has 0 aliphatic heterocycles. The SMILES string of the molecule is C=CC12C[C@@H]3CC[C@@H](N)C[C@@H](C1)C32. The Morgan fingerprint density at radius 2 is 2.00 bits per heavy atom. The Morgan fingerprint density at radius 3 is 2.77 bits per heavy atom. The van der Waals surface area contributed by atoms with E-state index in [1.54, 1.807) is 0 Å². The van der Waals surface area contributed by atoms with Crippen molar-refractivity contribution in [1.82, 2.24) is 0 Å². The van der Waals surface area contributed by atoms with Gasteiger partial charge in [0.1, 0.15) is 0 Å². The van der Waals surface area contributed by atoms with Crippen LogP contribution in [0.2, 0.25) is 0 Å². The Balaban J connectivity index is 1.81. The van der Waals surface area contributed by atoms with Crippen LogP contribution in [0, 0.1) is 23.2 Å². The Hall–Kier alpha value is -0.300. The van der Waals surface area contributed by atoms with E-state index in [2.05, 4.69) is 12.7 Å². The average molecular weight is 177 g/mol. The standard InChI is InChI=1S/C12H19N/c1-2-12-6-8-3-4-10(13)5-9(7-12)11(8)12/h2,8-11H,1,3-7,13H2/t8-,9-,10+,11?,12?/m0/s1. The van der Waals surface area contributed by atoms with Gasteiger partial charge in [0.25, 0.3) is 0 Å². The number of hydrogen-bond donors (Lipinski definition) is 1. The van der Waals surface area contributed by atoms with E-state index >= 15 is 0 Å². The predicted molar refractivity (Wildman–Crippen MR) is 54.2 cm³/mol. The molecular formula is C12H19N. The van der Waals surface area contributed by atoms with E-state index in [1.807, 2.05) is 0 Å². The lowest BCUT2D eigenvalue weighted by Gasteiger charge is -2.66. The molecule has 0 radical (unpaired) electrons. The van der Waals surface area contributed by atoms with Crippen molar-refractivity contribution < 1.29 is 0 Å². The van der Waals surface area contributed by atoms with Crippen molar-refractivity contribution in [3.8, 4) is 0 Å². The molecule has 1 heteroatoms. The van der Waals surface area contributed by atoms with E-state index in [1.165, 1.54) is 32.1 Å². The first-order chi connectivity index (χ1) is 6.25. The third kappa shape index (κ3) is 0.864. The average Bonchev–Trinajstić information content (AvgIpc) is 2.16. The maximum absolute atomic E-state index is 6.06. The van der Waals surface area contributed by atoms with Crippen LogP contribution >= 0.6 is 0 Å². The zero-order valence-electron chi connectivity index (χ0n) is 8.21. The van der Waals surface area contributed by atoms with Crippen LogP contribution in [0.3, 0.4) is 0 Å². The van der Waals surface area contributed by atoms with Crippen molar-refractivity contribution in [3.05, 3.63) is 12.7 Å². The predicted octanol–water partition coefficient (Wildman–Crippen LogP) is 2.33. The van der Waals surface area contributed by atoms with Crippen molar-refractivity contribution >= 4 is 0 Å². The second-order valence-electron chi connectivity index (χ2n) is 5.46. The van der Waals surface area contributed by atoms with Gasteiger partial charge in [0, 0.05) is 6.04 Å². The lowest BCUT2D eigenvalue weighted by atomic mass is 9.38. The minimum atomic E-state index is 0.499. The van der Waals surface area contributed by atoms with Gasteiger partial charge in [0.15, 0.2) is 0 Å². The number of hydrogen-bond acceptors (Lipinski definition) is 1. The fraction of sp³-hybridized carbons (Fsp3) is 0.833. The summed E-state index contributed by atoms with van der Waals surface area (Å²) in [5, 5.41) is 0. The van der Waals surface area contributed by atoms with Crippen LogP contribution in [0.15, 0.2) is 12.7 Å². The molecule has 1 nitrogen and oxygen atoms in total. The van der Waals surface area contributed by atoms with Crippen LogP contribution < -0.4 is 5.73 Å². The molecule has 72 valence electrons. The van der Waals surface area contributed by atoms with E-state index in [0.717, 1.165) is 17.8 Å². The van der Waals surface area contributed by atoms with E-state index < -0.39 is 0 Å². The number of rotatable bonds is 1. The smallest absolute Gasteiger partial charge is 0.00416 e. The quantitative estimate of drug-likeness (QED) is 0.611. The molecule has 0 heterocycles. The maximum Gasteiger partial charge on any atom is 0.00416 e. The molecule has 2 N–H and O–H groups in total. The molecule has 5 atom stereocenters. The molecule has 0 spiro atoms. The summed E-state index contributed by atoms with van der Waals surface area (Å²) in [5.74, 6) is 2.94. The Bertz CT molecular complexity index is 248.